The molecule has 5 aromatic rings. The van der Waals surface area contributed by atoms with Gasteiger partial charge in [0.25, 0.3) is 0 Å². The molecule has 0 fully saturated rings. The van der Waals surface area contributed by atoms with Crippen molar-refractivity contribution in [2.45, 2.75) is 0 Å². The van der Waals surface area contributed by atoms with Crippen LogP contribution < -0.4 is 0 Å². The van der Waals surface area contributed by atoms with E-state index in [-0.39, 0.29) is 0 Å². The van der Waals surface area contributed by atoms with Gasteiger partial charge in [0.15, 0.2) is 5.58 Å². The molecule has 5 rings (SSSR count). The van der Waals surface area contributed by atoms with Crippen LogP contribution in [-0.2, 0) is 0 Å². The molecule has 2 nitrogen and oxygen atoms in total. The van der Waals surface area contributed by atoms with Gasteiger partial charge < -0.3 is 4.42 Å². The highest BCUT2D eigenvalue weighted by Crippen LogP contribution is 2.30. The van der Waals surface area contributed by atoms with E-state index < -0.39 is 0 Å². The van der Waals surface area contributed by atoms with E-state index in [2.05, 4.69) is 59.6 Å². The fraction of sp³-hybridized carbons (Fsp3) is 0. The maximum absolute atomic E-state index is 6.05. The summed E-state index contributed by atoms with van der Waals surface area (Å²) in [5.74, 6) is 0.658. The molecule has 0 unspecified atom stereocenters. The van der Waals surface area contributed by atoms with Crippen LogP contribution >= 0.6 is 0 Å². The first-order valence-corrected chi connectivity index (χ1v) is 8.32. The minimum Gasteiger partial charge on any atom is -0.436 e. The van der Waals surface area contributed by atoms with E-state index in [9.17, 15) is 0 Å². The van der Waals surface area contributed by atoms with Gasteiger partial charge in [0.05, 0.1) is 0 Å². The van der Waals surface area contributed by atoms with E-state index in [0.717, 1.165) is 22.2 Å². The summed E-state index contributed by atoms with van der Waals surface area (Å²) in [6, 6.07) is 31.1. The first kappa shape index (κ1) is 14.0. The molecular weight excluding hydrogens is 306 g/mol. The molecule has 0 saturated heterocycles. The summed E-state index contributed by atoms with van der Waals surface area (Å²) in [5.41, 5.74) is 4.99. The van der Waals surface area contributed by atoms with Gasteiger partial charge in [0, 0.05) is 5.56 Å². The Morgan fingerprint density at radius 2 is 1.32 bits per heavy atom. The van der Waals surface area contributed by atoms with Gasteiger partial charge in [0.2, 0.25) is 5.89 Å². The minimum absolute atomic E-state index is 0.658. The number of oxazole rings is 1. The smallest absolute Gasteiger partial charge is 0.227 e. The monoisotopic (exact) mass is 321 g/mol. The van der Waals surface area contributed by atoms with Crippen molar-refractivity contribution in [3.8, 4) is 22.6 Å². The molecule has 0 atom stereocenters. The Morgan fingerprint density at radius 3 is 2.20 bits per heavy atom. The lowest BCUT2D eigenvalue weighted by Gasteiger charge is -2.00. The van der Waals surface area contributed by atoms with Crippen molar-refractivity contribution in [3.63, 3.8) is 0 Å². The molecule has 4 aromatic carbocycles. The Morgan fingerprint density at radius 1 is 0.560 bits per heavy atom. The van der Waals surface area contributed by atoms with Crippen molar-refractivity contribution in [1.29, 1.82) is 0 Å². The second-order valence-corrected chi connectivity index (χ2v) is 6.13. The highest BCUT2D eigenvalue weighted by molar-refractivity contribution is 5.87. The van der Waals surface area contributed by atoms with Crippen LogP contribution in [0.2, 0.25) is 0 Å². The number of benzene rings is 4. The summed E-state index contributed by atoms with van der Waals surface area (Å²) in [6.45, 7) is 0. The summed E-state index contributed by atoms with van der Waals surface area (Å²) in [6.07, 6.45) is 0. The molecule has 1 aromatic heterocycles. The first-order valence-electron chi connectivity index (χ1n) is 8.32. The summed E-state index contributed by atoms with van der Waals surface area (Å²) in [5, 5.41) is 2.40. The average molecular weight is 321 g/mol. The molecule has 0 bridgehead atoms. The van der Waals surface area contributed by atoms with Crippen LogP contribution in [0.3, 0.4) is 0 Å². The summed E-state index contributed by atoms with van der Waals surface area (Å²) in [4.78, 5) is 4.66. The zero-order chi connectivity index (χ0) is 16.6. The van der Waals surface area contributed by atoms with Gasteiger partial charge in [0.1, 0.15) is 5.52 Å². The molecule has 0 aliphatic heterocycles. The lowest BCUT2D eigenvalue weighted by Crippen LogP contribution is -1.78. The number of hydrogen-bond donors (Lipinski definition) is 0. The van der Waals surface area contributed by atoms with Gasteiger partial charge >= 0.3 is 0 Å². The number of nitrogens with zero attached hydrogens (tertiary/aromatic N) is 1. The Kier molecular flexibility index (Phi) is 3.14. The lowest BCUT2D eigenvalue weighted by atomic mass is 10.1. The molecule has 0 saturated carbocycles. The summed E-state index contributed by atoms with van der Waals surface area (Å²) in [7, 11) is 0. The quantitative estimate of drug-likeness (QED) is 0.380. The fourth-order valence-corrected chi connectivity index (χ4v) is 3.18. The largest absolute Gasteiger partial charge is 0.436 e. The molecule has 25 heavy (non-hydrogen) atoms. The van der Waals surface area contributed by atoms with Crippen molar-refractivity contribution < 1.29 is 4.42 Å². The van der Waals surface area contributed by atoms with Crippen LogP contribution in [0, 0.1) is 0 Å². The Labute approximate surface area is 145 Å². The van der Waals surface area contributed by atoms with Gasteiger partial charge in [-0.05, 0) is 46.2 Å². The maximum Gasteiger partial charge on any atom is 0.227 e. The number of fused-ring (bicyclic) bond motifs is 2. The van der Waals surface area contributed by atoms with Gasteiger partial charge in [-0.25, -0.2) is 4.98 Å². The van der Waals surface area contributed by atoms with Crippen LogP contribution in [0.25, 0.3) is 44.5 Å². The summed E-state index contributed by atoms with van der Waals surface area (Å²) >= 11 is 0. The van der Waals surface area contributed by atoms with Gasteiger partial charge in [-0.3, -0.25) is 0 Å². The van der Waals surface area contributed by atoms with Crippen LogP contribution in [-0.4, -0.2) is 4.98 Å². The number of aromatic nitrogens is 1. The van der Waals surface area contributed by atoms with Crippen LogP contribution in [0.4, 0.5) is 0 Å². The third kappa shape index (κ3) is 2.48. The second-order valence-electron chi connectivity index (χ2n) is 6.13. The average Bonchev–Trinajstić information content (AvgIpc) is 3.11. The molecule has 0 amide bonds. The molecule has 1 heterocycles. The zero-order valence-corrected chi connectivity index (χ0v) is 13.5. The molecule has 0 aliphatic carbocycles. The Hall–Kier alpha value is -3.39. The predicted octanol–water partition coefficient (Wildman–Crippen LogP) is 6.32. The van der Waals surface area contributed by atoms with E-state index in [1.165, 1.54) is 16.3 Å². The van der Waals surface area contributed by atoms with Crippen molar-refractivity contribution in [1.82, 2.24) is 4.98 Å². The normalized spacial score (nSPS) is 11.2. The SMILES string of the molecule is c1ccc(-c2ccc3nc(-c4ccc5ccccc5c4)oc3c2)cc1. The van der Waals surface area contributed by atoms with Crippen LogP contribution in [0.15, 0.2) is 95.4 Å². The highest BCUT2D eigenvalue weighted by Gasteiger charge is 2.10. The third-order valence-electron chi connectivity index (χ3n) is 4.49. The highest BCUT2D eigenvalue weighted by atomic mass is 16.3. The maximum atomic E-state index is 6.05. The van der Waals surface area contributed by atoms with Gasteiger partial charge in [-0.2, -0.15) is 0 Å². The Bertz CT molecular complexity index is 1190. The van der Waals surface area contributed by atoms with Gasteiger partial charge in [-0.15, -0.1) is 0 Å². The van der Waals surface area contributed by atoms with E-state index in [1.54, 1.807) is 0 Å². The van der Waals surface area contributed by atoms with Crippen molar-refractivity contribution in [3.05, 3.63) is 91.0 Å². The van der Waals surface area contributed by atoms with E-state index >= 15 is 0 Å². The predicted molar refractivity (Wildman–Crippen MR) is 102 cm³/mol. The molecule has 2 heteroatoms. The first-order chi connectivity index (χ1) is 12.4. The third-order valence-corrected chi connectivity index (χ3v) is 4.49. The Balaban J connectivity index is 1.62. The van der Waals surface area contributed by atoms with Gasteiger partial charge in [-0.1, -0.05) is 66.7 Å². The lowest BCUT2D eigenvalue weighted by molar-refractivity contribution is 0.620. The minimum atomic E-state index is 0.658. The van der Waals surface area contributed by atoms with E-state index in [0.29, 0.717) is 5.89 Å². The summed E-state index contributed by atoms with van der Waals surface area (Å²) < 4.78 is 6.05. The number of rotatable bonds is 2. The van der Waals surface area contributed by atoms with Crippen LogP contribution in [0.1, 0.15) is 0 Å². The van der Waals surface area contributed by atoms with Crippen molar-refractivity contribution in [2.75, 3.05) is 0 Å². The molecular formula is C23H15NO. The van der Waals surface area contributed by atoms with E-state index in [1.807, 2.05) is 36.4 Å². The standard InChI is InChI=1S/C23H15NO/c1-2-6-16(7-3-1)19-12-13-21-22(15-19)25-23(24-21)20-11-10-17-8-4-5-9-18(17)14-20/h1-15H. The van der Waals surface area contributed by atoms with Crippen molar-refractivity contribution in [2.24, 2.45) is 0 Å². The molecule has 0 spiro atoms. The molecule has 0 N–H and O–H groups in total. The molecule has 118 valence electrons. The second kappa shape index (κ2) is 5.60. The molecule has 0 radical (unpaired) electrons. The van der Waals surface area contributed by atoms with Crippen LogP contribution in [0.5, 0.6) is 0 Å². The number of hydrogen-bond acceptors (Lipinski definition) is 2. The zero-order valence-electron chi connectivity index (χ0n) is 13.5. The topological polar surface area (TPSA) is 26.0 Å². The van der Waals surface area contributed by atoms with Crippen molar-refractivity contribution >= 4 is 21.9 Å². The van der Waals surface area contributed by atoms with E-state index in [4.69, 9.17) is 4.42 Å². The fourth-order valence-electron chi connectivity index (χ4n) is 3.18. The molecule has 0 aliphatic rings.